The molecule has 3 aromatic rings. The molecule has 1 aromatic heterocycles. The third-order valence-corrected chi connectivity index (χ3v) is 5.78. The first-order chi connectivity index (χ1) is 15.2. The highest BCUT2D eigenvalue weighted by Gasteiger charge is 2.31. The summed E-state index contributed by atoms with van der Waals surface area (Å²) < 4.78 is 11.5. The third-order valence-electron chi connectivity index (χ3n) is 5.54. The Bertz CT molecular complexity index is 1100. The Morgan fingerprint density at radius 3 is 2.84 bits per heavy atom. The fourth-order valence-corrected chi connectivity index (χ4v) is 4.25. The second kappa shape index (κ2) is 8.55. The average molecular weight is 440 g/mol. The van der Waals surface area contributed by atoms with E-state index in [0.717, 1.165) is 41.9 Å². The van der Waals surface area contributed by atoms with Gasteiger partial charge in [0.15, 0.2) is 11.5 Å². The van der Waals surface area contributed by atoms with Crippen molar-refractivity contribution in [3.05, 3.63) is 53.1 Å². The predicted octanol–water partition coefficient (Wildman–Crippen LogP) is 3.52. The average Bonchev–Trinajstić information content (AvgIpc) is 3.38. The Morgan fingerprint density at radius 2 is 1.97 bits per heavy atom. The van der Waals surface area contributed by atoms with Crippen LogP contribution in [0.3, 0.4) is 0 Å². The maximum absolute atomic E-state index is 13.1. The van der Waals surface area contributed by atoms with Crippen molar-refractivity contribution in [3.8, 4) is 22.9 Å². The maximum Gasteiger partial charge on any atom is 0.246 e. The van der Waals surface area contributed by atoms with Crippen LogP contribution in [-0.4, -0.2) is 50.8 Å². The van der Waals surface area contributed by atoms with Gasteiger partial charge in [0.2, 0.25) is 11.7 Å². The minimum atomic E-state index is -0.0374. The number of fused-ring (bicyclic) bond motifs is 1. The number of hydrogen-bond donors (Lipinski definition) is 0. The molecular formula is C22H22ClN5O3. The van der Waals surface area contributed by atoms with E-state index in [0.29, 0.717) is 30.6 Å². The quantitative estimate of drug-likeness (QED) is 0.618. The number of hydrogen-bond acceptors (Lipinski definition) is 6. The van der Waals surface area contributed by atoms with Gasteiger partial charge >= 0.3 is 0 Å². The lowest BCUT2D eigenvalue weighted by atomic mass is 10.0. The molecule has 1 unspecified atom stereocenters. The van der Waals surface area contributed by atoms with Crippen LogP contribution in [0.5, 0.6) is 11.5 Å². The number of carbonyl (C=O) groups excluding carboxylic acids is 1. The smallest absolute Gasteiger partial charge is 0.246 e. The summed E-state index contributed by atoms with van der Waals surface area (Å²) in [6.07, 6.45) is 2.72. The van der Waals surface area contributed by atoms with Crippen LogP contribution < -0.4 is 9.47 Å². The van der Waals surface area contributed by atoms with Gasteiger partial charge in [0.05, 0.1) is 19.3 Å². The highest BCUT2D eigenvalue weighted by molar-refractivity contribution is 6.30. The molecule has 160 valence electrons. The first-order valence-electron chi connectivity index (χ1n) is 10.4. The van der Waals surface area contributed by atoms with Crippen molar-refractivity contribution in [2.75, 3.05) is 19.8 Å². The summed E-state index contributed by atoms with van der Waals surface area (Å²) in [7, 11) is 0. The highest BCUT2D eigenvalue weighted by atomic mass is 35.5. The van der Waals surface area contributed by atoms with E-state index in [-0.39, 0.29) is 18.5 Å². The van der Waals surface area contributed by atoms with Crippen molar-refractivity contribution in [2.24, 2.45) is 0 Å². The number of carbonyl (C=O) groups is 1. The molecule has 31 heavy (non-hydrogen) atoms. The zero-order valence-electron chi connectivity index (χ0n) is 16.9. The second-order valence-corrected chi connectivity index (χ2v) is 8.09. The van der Waals surface area contributed by atoms with Crippen LogP contribution in [0.25, 0.3) is 11.4 Å². The normalized spacial score (nSPS) is 18.1. The number of rotatable bonds is 4. The van der Waals surface area contributed by atoms with Gasteiger partial charge in [-0.15, -0.1) is 10.2 Å². The number of tetrazole rings is 1. The van der Waals surface area contributed by atoms with E-state index in [1.54, 1.807) is 12.1 Å². The number of ether oxygens (including phenoxy) is 2. The summed E-state index contributed by atoms with van der Waals surface area (Å²) in [6.45, 7) is 2.03. The fraction of sp³-hybridized carbons (Fsp3) is 0.364. The Kier molecular flexibility index (Phi) is 5.46. The summed E-state index contributed by atoms with van der Waals surface area (Å²) in [4.78, 5) is 16.3. The zero-order chi connectivity index (χ0) is 21.2. The Labute approximate surface area is 184 Å². The monoisotopic (exact) mass is 439 g/mol. The molecule has 0 radical (unpaired) electrons. The summed E-state index contributed by atoms with van der Waals surface area (Å²) in [5.41, 5.74) is 1.82. The third kappa shape index (κ3) is 4.20. The molecule has 1 atom stereocenters. The van der Waals surface area contributed by atoms with Crippen LogP contribution in [0.4, 0.5) is 0 Å². The highest BCUT2D eigenvalue weighted by Crippen LogP contribution is 2.38. The summed E-state index contributed by atoms with van der Waals surface area (Å²) in [6, 6.07) is 13.2. The summed E-state index contributed by atoms with van der Waals surface area (Å²) in [5.74, 6) is 1.91. The fourth-order valence-electron chi connectivity index (χ4n) is 4.06. The first kappa shape index (κ1) is 19.8. The number of halogens is 1. The lowest BCUT2D eigenvalue weighted by Crippen LogP contribution is -2.34. The van der Waals surface area contributed by atoms with Crippen molar-refractivity contribution in [1.29, 1.82) is 0 Å². The minimum Gasteiger partial charge on any atom is -0.490 e. The molecule has 0 aliphatic carbocycles. The van der Waals surface area contributed by atoms with Gasteiger partial charge in [-0.3, -0.25) is 4.79 Å². The number of benzene rings is 2. The van der Waals surface area contributed by atoms with Gasteiger partial charge in [-0.2, -0.15) is 4.80 Å². The lowest BCUT2D eigenvalue weighted by molar-refractivity contribution is -0.133. The van der Waals surface area contributed by atoms with Crippen molar-refractivity contribution in [2.45, 2.75) is 31.8 Å². The lowest BCUT2D eigenvalue weighted by Gasteiger charge is -2.25. The van der Waals surface area contributed by atoms with Crippen molar-refractivity contribution >= 4 is 17.5 Å². The van der Waals surface area contributed by atoms with E-state index in [9.17, 15) is 4.79 Å². The van der Waals surface area contributed by atoms with Crippen LogP contribution in [-0.2, 0) is 11.3 Å². The number of likely N-dealkylation sites (tertiary alicyclic amines) is 1. The standard InChI is InChI=1S/C22H22ClN5O3/c23-17-5-1-4-16(12-17)22-24-26-28(25-22)14-21(29)27-9-2-6-18(27)15-7-8-19-20(13-15)31-11-3-10-30-19/h1,4-5,7-8,12-13,18H,2-3,6,9-11,14H2. The van der Waals surface area contributed by atoms with E-state index >= 15 is 0 Å². The molecular weight excluding hydrogens is 418 g/mol. The molecule has 0 bridgehead atoms. The molecule has 1 saturated heterocycles. The Morgan fingerprint density at radius 1 is 1.10 bits per heavy atom. The molecule has 8 nitrogen and oxygen atoms in total. The molecule has 3 heterocycles. The molecule has 2 aromatic carbocycles. The van der Waals surface area contributed by atoms with Gasteiger partial charge in [-0.25, -0.2) is 0 Å². The van der Waals surface area contributed by atoms with Crippen LogP contribution in [0.1, 0.15) is 30.9 Å². The molecule has 1 fully saturated rings. The number of nitrogens with zero attached hydrogens (tertiary/aromatic N) is 5. The predicted molar refractivity (Wildman–Crippen MR) is 114 cm³/mol. The van der Waals surface area contributed by atoms with Gasteiger partial charge < -0.3 is 14.4 Å². The van der Waals surface area contributed by atoms with Crippen LogP contribution in [0, 0.1) is 0 Å². The van der Waals surface area contributed by atoms with Crippen molar-refractivity contribution in [3.63, 3.8) is 0 Å². The van der Waals surface area contributed by atoms with Crippen molar-refractivity contribution in [1.82, 2.24) is 25.1 Å². The molecule has 1 amide bonds. The number of aromatic nitrogens is 4. The SMILES string of the molecule is O=C(Cn1nnc(-c2cccc(Cl)c2)n1)N1CCCC1c1ccc2c(c1)OCCCO2. The largest absolute Gasteiger partial charge is 0.490 e. The van der Waals surface area contributed by atoms with Crippen LogP contribution in [0.15, 0.2) is 42.5 Å². The Balaban J connectivity index is 1.31. The zero-order valence-corrected chi connectivity index (χ0v) is 17.7. The van der Waals surface area contributed by atoms with Gasteiger partial charge in [0, 0.05) is 23.6 Å². The van der Waals surface area contributed by atoms with Crippen LogP contribution in [0.2, 0.25) is 5.02 Å². The molecule has 0 saturated carbocycles. The summed E-state index contributed by atoms with van der Waals surface area (Å²) in [5, 5.41) is 13.1. The van der Waals surface area contributed by atoms with Crippen LogP contribution >= 0.6 is 11.6 Å². The van der Waals surface area contributed by atoms with Gasteiger partial charge in [0.25, 0.3) is 0 Å². The van der Waals surface area contributed by atoms with Gasteiger partial charge in [-0.05, 0) is 47.9 Å². The minimum absolute atomic E-state index is 0.000532. The van der Waals surface area contributed by atoms with Crippen molar-refractivity contribution < 1.29 is 14.3 Å². The maximum atomic E-state index is 13.1. The van der Waals surface area contributed by atoms with E-state index < -0.39 is 0 Å². The first-order valence-corrected chi connectivity index (χ1v) is 10.8. The van der Waals surface area contributed by atoms with Gasteiger partial charge in [0.1, 0.15) is 6.54 Å². The number of amides is 1. The molecule has 9 heteroatoms. The Hall–Kier alpha value is -3.13. The topological polar surface area (TPSA) is 82.4 Å². The molecule has 2 aliphatic heterocycles. The van der Waals surface area contributed by atoms with E-state index in [4.69, 9.17) is 21.1 Å². The van der Waals surface area contributed by atoms with E-state index in [1.165, 1.54) is 4.80 Å². The second-order valence-electron chi connectivity index (χ2n) is 7.66. The molecule has 5 rings (SSSR count). The molecule has 0 N–H and O–H groups in total. The van der Waals surface area contributed by atoms with Gasteiger partial charge in [-0.1, -0.05) is 29.8 Å². The molecule has 2 aliphatic rings. The molecule has 0 spiro atoms. The van der Waals surface area contributed by atoms with E-state index in [1.807, 2.05) is 35.2 Å². The summed E-state index contributed by atoms with van der Waals surface area (Å²) >= 11 is 6.04. The van der Waals surface area contributed by atoms with E-state index in [2.05, 4.69) is 15.4 Å².